The third-order valence-corrected chi connectivity index (χ3v) is 5.36. The highest BCUT2D eigenvalue weighted by Gasteiger charge is 2.14. The summed E-state index contributed by atoms with van der Waals surface area (Å²) in [5.41, 5.74) is 1.63. The first-order valence-corrected chi connectivity index (χ1v) is 9.97. The zero-order valence-electron chi connectivity index (χ0n) is 14.3. The molecule has 0 bridgehead atoms. The summed E-state index contributed by atoms with van der Waals surface area (Å²) < 4.78 is 15.6. The molecule has 2 heterocycles. The summed E-state index contributed by atoms with van der Waals surface area (Å²) in [7, 11) is 0. The summed E-state index contributed by atoms with van der Waals surface area (Å²) in [5.74, 6) is -0.292. The van der Waals surface area contributed by atoms with Crippen LogP contribution in [-0.4, -0.2) is 27.0 Å². The van der Waals surface area contributed by atoms with Gasteiger partial charge in [0.05, 0.1) is 11.3 Å². The molecular weight excluding hydrogens is 422 g/mol. The minimum Gasteiger partial charge on any atom is -0.352 e. The smallest absolute Gasteiger partial charge is 0.251 e. The van der Waals surface area contributed by atoms with Crippen molar-refractivity contribution in [3.63, 3.8) is 0 Å². The number of hydrogen-bond donors (Lipinski definition) is 1. The van der Waals surface area contributed by atoms with Crippen LogP contribution in [0.25, 0.3) is 16.3 Å². The van der Waals surface area contributed by atoms with Gasteiger partial charge in [-0.25, -0.2) is 8.91 Å². The SMILES string of the molecule is O=C(NCCc1csc2nc(-c3ccccc3F)nn12)c1cc(Cl)cc(Cl)c1. The van der Waals surface area contributed by atoms with Gasteiger partial charge in [-0.15, -0.1) is 16.4 Å². The first-order chi connectivity index (χ1) is 13.5. The molecule has 0 saturated heterocycles. The Kier molecular flexibility index (Phi) is 5.30. The predicted octanol–water partition coefficient (Wildman–Crippen LogP) is 4.88. The van der Waals surface area contributed by atoms with Gasteiger partial charge in [-0.3, -0.25) is 4.79 Å². The van der Waals surface area contributed by atoms with E-state index in [0.717, 1.165) is 5.69 Å². The van der Waals surface area contributed by atoms with E-state index in [9.17, 15) is 9.18 Å². The topological polar surface area (TPSA) is 59.3 Å². The third-order valence-electron chi connectivity index (χ3n) is 4.06. The van der Waals surface area contributed by atoms with Crippen molar-refractivity contribution in [2.45, 2.75) is 6.42 Å². The maximum absolute atomic E-state index is 14.0. The molecule has 28 heavy (non-hydrogen) atoms. The molecule has 0 atom stereocenters. The van der Waals surface area contributed by atoms with Crippen LogP contribution in [-0.2, 0) is 6.42 Å². The Morgan fingerprint density at radius 2 is 1.93 bits per heavy atom. The molecule has 0 fully saturated rings. The summed E-state index contributed by atoms with van der Waals surface area (Å²) in [6.07, 6.45) is 0.542. The molecule has 4 aromatic rings. The van der Waals surface area contributed by atoms with Crippen LogP contribution in [0.15, 0.2) is 47.8 Å². The minimum atomic E-state index is -0.366. The molecule has 0 saturated carbocycles. The van der Waals surface area contributed by atoms with Crippen LogP contribution in [0.4, 0.5) is 4.39 Å². The Morgan fingerprint density at radius 1 is 1.18 bits per heavy atom. The average Bonchev–Trinajstić information content (AvgIpc) is 3.23. The van der Waals surface area contributed by atoms with Crippen LogP contribution in [0.2, 0.25) is 10.0 Å². The van der Waals surface area contributed by atoms with Crippen molar-refractivity contribution in [3.05, 3.63) is 75.0 Å². The quantitative estimate of drug-likeness (QED) is 0.486. The number of benzene rings is 2. The Hall–Kier alpha value is -2.48. The van der Waals surface area contributed by atoms with Gasteiger partial charge in [-0.2, -0.15) is 4.98 Å². The van der Waals surface area contributed by atoms with Gasteiger partial charge < -0.3 is 5.32 Å². The predicted molar refractivity (Wildman–Crippen MR) is 109 cm³/mol. The molecule has 142 valence electrons. The second kappa shape index (κ2) is 7.87. The number of fused-ring (bicyclic) bond motifs is 1. The number of thiazole rings is 1. The molecule has 2 aromatic heterocycles. The number of halogens is 3. The number of hydrogen-bond acceptors (Lipinski definition) is 4. The van der Waals surface area contributed by atoms with Crippen molar-refractivity contribution in [2.24, 2.45) is 0 Å². The van der Waals surface area contributed by atoms with Crippen LogP contribution in [0, 0.1) is 5.82 Å². The van der Waals surface area contributed by atoms with Crippen molar-refractivity contribution < 1.29 is 9.18 Å². The number of amides is 1. The molecular formula is C19H13Cl2FN4OS. The zero-order valence-corrected chi connectivity index (χ0v) is 16.7. The number of nitrogens with zero attached hydrogens (tertiary/aromatic N) is 3. The highest BCUT2D eigenvalue weighted by atomic mass is 35.5. The van der Waals surface area contributed by atoms with Gasteiger partial charge in [-0.05, 0) is 30.3 Å². The molecule has 0 aliphatic carbocycles. The van der Waals surface area contributed by atoms with Crippen LogP contribution in [0.1, 0.15) is 16.1 Å². The summed E-state index contributed by atoms with van der Waals surface area (Å²) in [6.45, 7) is 0.393. The first-order valence-electron chi connectivity index (χ1n) is 8.33. The normalized spacial score (nSPS) is 11.1. The Labute approximate surface area is 173 Å². The first kappa shape index (κ1) is 18.9. The van der Waals surface area contributed by atoms with Gasteiger partial charge in [0.1, 0.15) is 5.82 Å². The van der Waals surface area contributed by atoms with Crippen molar-refractivity contribution in [1.82, 2.24) is 19.9 Å². The maximum atomic E-state index is 14.0. The van der Waals surface area contributed by atoms with E-state index in [1.165, 1.54) is 17.4 Å². The fourth-order valence-electron chi connectivity index (χ4n) is 2.74. The Morgan fingerprint density at radius 3 is 2.68 bits per heavy atom. The van der Waals surface area contributed by atoms with Crippen LogP contribution < -0.4 is 5.32 Å². The fraction of sp³-hybridized carbons (Fsp3) is 0.105. The molecule has 4 rings (SSSR count). The summed E-state index contributed by atoms with van der Waals surface area (Å²) in [4.78, 5) is 17.3. The van der Waals surface area contributed by atoms with Crippen LogP contribution >= 0.6 is 34.5 Å². The second-order valence-electron chi connectivity index (χ2n) is 6.00. The van der Waals surface area contributed by atoms with Gasteiger partial charge in [0.25, 0.3) is 5.91 Å². The Bertz CT molecular complexity index is 1150. The van der Waals surface area contributed by atoms with E-state index < -0.39 is 0 Å². The van der Waals surface area contributed by atoms with E-state index in [2.05, 4.69) is 15.4 Å². The third kappa shape index (κ3) is 3.87. The van der Waals surface area contributed by atoms with E-state index in [0.29, 0.717) is 44.9 Å². The van der Waals surface area contributed by atoms with Crippen molar-refractivity contribution in [2.75, 3.05) is 6.54 Å². The monoisotopic (exact) mass is 434 g/mol. The summed E-state index contributed by atoms with van der Waals surface area (Å²) in [5, 5.41) is 9.97. The highest BCUT2D eigenvalue weighted by molar-refractivity contribution is 7.15. The lowest BCUT2D eigenvalue weighted by Gasteiger charge is -2.06. The van der Waals surface area contributed by atoms with Crippen molar-refractivity contribution >= 4 is 45.4 Å². The number of carbonyl (C=O) groups excluding carboxylic acids is 1. The van der Waals surface area contributed by atoms with E-state index in [1.54, 1.807) is 40.9 Å². The molecule has 2 aromatic carbocycles. The number of carbonyl (C=O) groups is 1. The molecule has 0 unspecified atom stereocenters. The number of aromatic nitrogens is 3. The van der Waals surface area contributed by atoms with Crippen molar-refractivity contribution in [1.29, 1.82) is 0 Å². The molecule has 5 nitrogen and oxygen atoms in total. The van der Waals surface area contributed by atoms with Gasteiger partial charge in [0.2, 0.25) is 4.96 Å². The van der Waals surface area contributed by atoms with E-state index in [4.69, 9.17) is 23.2 Å². The standard InChI is InChI=1S/C19H13Cl2FN4OS/c20-12-7-11(8-13(21)9-12)18(27)23-6-5-14-10-28-19-24-17(25-26(14)19)15-3-1-2-4-16(15)22/h1-4,7-10H,5-6H2,(H,23,27). The second-order valence-corrected chi connectivity index (χ2v) is 7.71. The number of rotatable bonds is 5. The minimum absolute atomic E-state index is 0.262. The lowest BCUT2D eigenvalue weighted by atomic mass is 10.2. The number of nitrogens with one attached hydrogen (secondary N) is 1. The van der Waals surface area contributed by atoms with E-state index in [1.807, 2.05) is 5.38 Å². The summed E-state index contributed by atoms with van der Waals surface area (Å²) >= 11 is 13.3. The lowest BCUT2D eigenvalue weighted by Crippen LogP contribution is -2.26. The maximum Gasteiger partial charge on any atom is 0.251 e. The Balaban J connectivity index is 1.47. The molecule has 0 aliphatic rings. The van der Waals surface area contributed by atoms with Gasteiger partial charge in [-0.1, -0.05) is 35.3 Å². The molecule has 1 amide bonds. The van der Waals surface area contributed by atoms with Crippen molar-refractivity contribution in [3.8, 4) is 11.4 Å². The van der Waals surface area contributed by atoms with Crippen LogP contribution in [0.3, 0.4) is 0 Å². The molecule has 0 radical (unpaired) electrons. The van der Waals surface area contributed by atoms with Gasteiger partial charge in [0, 0.05) is 34.0 Å². The van der Waals surface area contributed by atoms with E-state index in [-0.39, 0.29) is 11.7 Å². The van der Waals surface area contributed by atoms with Gasteiger partial charge >= 0.3 is 0 Å². The molecule has 9 heteroatoms. The fourth-order valence-corrected chi connectivity index (χ4v) is 4.13. The summed E-state index contributed by atoms with van der Waals surface area (Å²) in [6, 6.07) is 11.1. The largest absolute Gasteiger partial charge is 0.352 e. The highest BCUT2D eigenvalue weighted by Crippen LogP contribution is 2.23. The molecule has 0 spiro atoms. The lowest BCUT2D eigenvalue weighted by molar-refractivity contribution is 0.0954. The molecule has 1 N–H and O–H groups in total. The van der Waals surface area contributed by atoms with Gasteiger partial charge in [0.15, 0.2) is 5.82 Å². The van der Waals surface area contributed by atoms with Crippen LogP contribution in [0.5, 0.6) is 0 Å². The molecule has 0 aliphatic heterocycles. The van der Waals surface area contributed by atoms with E-state index >= 15 is 0 Å². The average molecular weight is 435 g/mol. The zero-order chi connectivity index (χ0) is 19.7.